The number of hydrogen-bond donors (Lipinski definition) is 0. The van der Waals surface area contributed by atoms with Gasteiger partial charge in [0.25, 0.3) is 0 Å². The summed E-state index contributed by atoms with van der Waals surface area (Å²) in [6, 6.07) is 13.3. The molecule has 0 radical (unpaired) electrons. The normalized spacial score (nSPS) is 9.45. The maximum absolute atomic E-state index is 13.9. The van der Waals surface area contributed by atoms with Crippen LogP contribution < -0.4 is 4.74 Å². The summed E-state index contributed by atoms with van der Waals surface area (Å²) in [5.41, 5.74) is 0.848. The summed E-state index contributed by atoms with van der Waals surface area (Å²) in [4.78, 5) is 0. The van der Waals surface area contributed by atoms with E-state index in [1.807, 2.05) is 0 Å². The minimum atomic E-state index is -0.625. The van der Waals surface area contributed by atoms with E-state index in [1.54, 1.807) is 24.3 Å². The van der Waals surface area contributed by atoms with Gasteiger partial charge in [0.2, 0.25) is 0 Å². The average molecular weight is 296 g/mol. The van der Waals surface area contributed by atoms with Gasteiger partial charge in [-0.25, -0.2) is 8.78 Å². The second-order valence-electron chi connectivity index (χ2n) is 4.39. The number of nitriles is 2. The number of benzene rings is 2. The number of nitrogens with zero attached hydrogens (tertiary/aromatic N) is 2. The van der Waals surface area contributed by atoms with Crippen molar-refractivity contribution >= 4 is 6.08 Å². The molecule has 22 heavy (non-hydrogen) atoms. The molecule has 5 heteroatoms. The predicted molar refractivity (Wildman–Crippen MR) is 76.3 cm³/mol. The van der Waals surface area contributed by atoms with E-state index in [0.29, 0.717) is 11.1 Å². The van der Waals surface area contributed by atoms with Crippen molar-refractivity contribution in [2.24, 2.45) is 0 Å². The summed E-state index contributed by atoms with van der Waals surface area (Å²) >= 11 is 0. The molecule has 2 aromatic carbocycles. The van der Waals surface area contributed by atoms with Crippen LogP contribution in [0.1, 0.15) is 11.1 Å². The smallest absolute Gasteiger partial charge is 0.165 e. The first-order valence-electron chi connectivity index (χ1n) is 6.31. The van der Waals surface area contributed by atoms with Crippen molar-refractivity contribution in [2.75, 3.05) is 0 Å². The third-order valence-electron chi connectivity index (χ3n) is 2.79. The number of rotatable bonds is 4. The van der Waals surface area contributed by atoms with Crippen molar-refractivity contribution in [1.82, 2.24) is 0 Å². The van der Waals surface area contributed by atoms with Gasteiger partial charge in [0.15, 0.2) is 11.6 Å². The fourth-order valence-electron chi connectivity index (χ4n) is 1.77. The SMILES string of the molecule is N#CC(C#N)=Cc1ccc(OCc2cccc(F)c2)c(F)c1. The van der Waals surface area contributed by atoms with Gasteiger partial charge in [-0.05, 0) is 41.5 Å². The molecule has 0 N–H and O–H groups in total. The topological polar surface area (TPSA) is 56.8 Å². The molecule has 0 saturated carbocycles. The van der Waals surface area contributed by atoms with Crippen molar-refractivity contribution in [2.45, 2.75) is 6.61 Å². The summed E-state index contributed by atoms with van der Waals surface area (Å²) in [5.74, 6) is -1.00. The Morgan fingerprint density at radius 1 is 1.09 bits per heavy atom. The summed E-state index contributed by atoms with van der Waals surface area (Å²) in [5, 5.41) is 17.3. The van der Waals surface area contributed by atoms with Crippen LogP contribution in [-0.2, 0) is 6.61 Å². The Kier molecular flexibility index (Phi) is 4.85. The largest absolute Gasteiger partial charge is 0.486 e. The van der Waals surface area contributed by atoms with Crippen LogP contribution in [0.4, 0.5) is 8.78 Å². The van der Waals surface area contributed by atoms with Crippen molar-refractivity contribution < 1.29 is 13.5 Å². The molecule has 0 spiro atoms. The standard InChI is InChI=1S/C17H10F2N2O/c18-15-3-1-2-13(7-15)11-22-17-5-4-12(8-16(17)19)6-14(9-20)10-21/h1-8H,11H2. The Balaban J connectivity index is 2.12. The lowest BCUT2D eigenvalue weighted by Crippen LogP contribution is -1.98. The Hall–Kier alpha value is -3.18. The average Bonchev–Trinajstić information content (AvgIpc) is 2.52. The van der Waals surface area contributed by atoms with Gasteiger partial charge in [0.1, 0.15) is 30.1 Å². The molecule has 0 amide bonds. The highest BCUT2D eigenvalue weighted by Crippen LogP contribution is 2.21. The van der Waals surface area contributed by atoms with E-state index in [9.17, 15) is 8.78 Å². The molecule has 2 rings (SSSR count). The Bertz CT molecular complexity index is 785. The maximum atomic E-state index is 13.9. The number of ether oxygens (including phenoxy) is 1. The van der Waals surface area contributed by atoms with Crippen molar-refractivity contribution in [1.29, 1.82) is 10.5 Å². The fourth-order valence-corrected chi connectivity index (χ4v) is 1.77. The van der Waals surface area contributed by atoms with Crippen molar-refractivity contribution in [3.05, 3.63) is 70.8 Å². The molecule has 0 atom stereocenters. The van der Waals surface area contributed by atoms with Gasteiger partial charge in [-0.1, -0.05) is 18.2 Å². The molecule has 108 valence electrons. The van der Waals surface area contributed by atoms with Gasteiger partial charge < -0.3 is 4.74 Å². The van der Waals surface area contributed by atoms with Crippen LogP contribution in [0.2, 0.25) is 0 Å². The second kappa shape index (κ2) is 7.01. The lowest BCUT2D eigenvalue weighted by atomic mass is 10.1. The van der Waals surface area contributed by atoms with E-state index in [2.05, 4.69) is 0 Å². The first kappa shape index (κ1) is 15.2. The van der Waals surface area contributed by atoms with Gasteiger partial charge >= 0.3 is 0 Å². The third-order valence-corrected chi connectivity index (χ3v) is 2.79. The van der Waals surface area contributed by atoms with E-state index in [-0.39, 0.29) is 23.7 Å². The monoisotopic (exact) mass is 296 g/mol. The first-order valence-corrected chi connectivity index (χ1v) is 6.31. The molecule has 0 heterocycles. The van der Waals surface area contributed by atoms with Crippen LogP contribution in [0, 0.1) is 34.3 Å². The highest BCUT2D eigenvalue weighted by atomic mass is 19.1. The van der Waals surface area contributed by atoms with Crippen LogP contribution in [0.25, 0.3) is 6.08 Å². The van der Waals surface area contributed by atoms with E-state index in [4.69, 9.17) is 15.3 Å². The van der Waals surface area contributed by atoms with E-state index >= 15 is 0 Å². The Morgan fingerprint density at radius 3 is 2.50 bits per heavy atom. The van der Waals surface area contributed by atoms with Crippen LogP contribution in [0.15, 0.2) is 48.0 Å². The Morgan fingerprint density at radius 2 is 1.86 bits per heavy atom. The third kappa shape index (κ3) is 3.91. The van der Waals surface area contributed by atoms with Crippen molar-refractivity contribution in [3.63, 3.8) is 0 Å². The second-order valence-corrected chi connectivity index (χ2v) is 4.39. The number of hydrogen-bond acceptors (Lipinski definition) is 3. The van der Waals surface area contributed by atoms with Crippen LogP contribution in [0.3, 0.4) is 0 Å². The van der Waals surface area contributed by atoms with Gasteiger partial charge in [0.05, 0.1) is 0 Å². The maximum Gasteiger partial charge on any atom is 0.165 e. The molecule has 0 fully saturated rings. The summed E-state index contributed by atoms with van der Waals surface area (Å²) in [6.07, 6.45) is 1.28. The predicted octanol–water partition coefficient (Wildman–Crippen LogP) is 3.97. The van der Waals surface area contributed by atoms with E-state index in [0.717, 1.165) is 6.07 Å². The zero-order valence-electron chi connectivity index (χ0n) is 11.4. The van der Waals surface area contributed by atoms with Gasteiger partial charge in [-0.3, -0.25) is 0 Å². The van der Waals surface area contributed by atoms with E-state index < -0.39 is 5.82 Å². The number of halogens is 2. The van der Waals surface area contributed by atoms with Crippen LogP contribution in [-0.4, -0.2) is 0 Å². The molecule has 0 bridgehead atoms. The molecule has 0 aromatic heterocycles. The fraction of sp³-hybridized carbons (Fsp3) is 0.0588. The van der Waals surface area contributed by atoms with Crippen LogP contribution >= 0.6 is 0 Å². The highest BCUT2D eigenvalue weighted by Gasteiger charge is 2.05. The summed E-state index contributed by atoms with van der Waals surface area (Å²) in [7, 11) is 0. The Labute approximate surface area is 126 Å². The molecular formula is C17H10F2N2O. The minimum Gasteiger partial charge on any atom is -0.486 e. The lowest BCUT2D eigenvalue weighted by Gasteiger charge is -2.08. The van der Waals surface area contributed by atoms with Gasteiger partial charge in [0, 0.05) is 0 Å². The van der Waals surface area contributed by atoms with E-state index in [1.165, 1.54) is 30.3 Å². The molecule has 0 aliphatic carbocycles. The first-order chi connectivity index (χ1) is 10.6. The molecule has 0 aliphatic heterocycles. The zero-order valence-corrected chi connectivity index (χ0v) is 11.4. The number of allylic oxidation sites excluding steroid dienone is 1. The summed E-state index contributed by atoms with van der Waals surface area (Å²) in [6.45, 7) is 0.0332. The van der Waals surface area contributed by atoms with Crippen LogP contribution in [0.5, 0.6) is 5.75 Å². The zero-order chi connectivity index (χ0) is 15.9. The molecule has 2 aromatic rings. The molecular weight excluding hydrogens is 286 g/mol. The molecule has 0 unspecified atom stereocenters. The van der Waals surface area contributed by atoms with Crippen molar-refractivity contribution in [3.8, 4) is 17.9 Å². The molecule has 3 nitrogen and oxygen atoms in total. The minimum absolute atomic E-state index is 0.0110. The quantitative estimate of drug-likeness (QED) is 0.802. The summed E-state index contributed by atoms with van der Waals surface area (Å²) < 4.78 is 32.2. The van der Waals surface area contributed by atoms with Gasteiger partial charge in [-0.15, -0.1) is 0 Å². The molecule has 0 saturated heterocycles. The molecule has 0 aliphatic rings. The van der Waals surface area contributed by atoms with Gasteiger partial charge in [-0.2, -0.15) is 10.5 Å². The lowest BCUT2D eigenvalue weighted by molar-refractivity contribution is 0.290. The highest BCUT2D eigenvalue weighted by molar-refractivity contribution is 5.62.